The average molecular weight is 286 g/mol. The van der Waals surface area contributed by atoms with Crippen LogP contribution in [0.3, 0.4) is 0 Å². The summed E-state index contributed by atoms with van der Waals surface area (Å²) in [5, 5.41) is 3.11. The fourth-order valence-electron chi connectivity index (χ4n) is 1.56. The fourth-order valence-corrected chi connectivity index (χ4v) is 1.68. The molecule has 108 valence electrons. The standard InChI is InChI=1S/C14H24ClN3O/c1-13(2,3)11(8-18-7-6-16-10-18)17-12(19)14(4,5)9-15/h6-7,10-11H,8-9H2,1-5H3,(H,17,19). The number of nitrogens with zero attached hydrogens (tertiary/aromatic N) is 2. The summed E-state index contributed by atoms with van der Waals surface area (Å²) in [5.41, 5.74) is -0.595. The minimum Gasteiger partial charge on any atom is -0.351 e. The third-order valence-corrected chi connectivity index (χ3v) is 3.92. The molecule has 0 saturated carbocycles. The van der Waals surface area contributed by atoms with Crippen molar-refractivity contribution in [1.29, 1.82) is 0 Å². The van der Waals surface area contributed by atoms with Gasteiger partial charge in [-0.15, -0.1) is 11.6 Å². The second-order valence-corrected chi connectivity index (χ2v) is 6.94. The molecule has 0 bridgehead atoms. The summed E-state index contributed by atoms with van der Waals surface area (Å²) >= 11 is 5.85. The first kappa shape index (κ1) is 16.0. The molecule has 4 nitrogen and oxygen atoms in total. The molecule has 0 aliphatic heterocycles. The smallest absolute Gasteiger partial charge is 0.227 e. The highest BCUT2D eigenvalue weighted by Gasteiger charge is 2.32. The molecule has 19 heavy (non-hydrogen) atoms. The van der Waals surface area contributed by atoms with E-state index >= 15 is 0 Å². The molecule has 1 aromatic rings. The van der Waals surface area contributed by atoms with Crippen LogP contribution in [0.25, 0.3) is 0 Å². The molecule has 0 aliphatic rings. The lowest BCUT2D eigenvalue weighted by atomic mass is 9.85. The van der Waals surface area contributed by atoms with Crippen molar-refractivity contribution in [3.05, 3.63) is 18.7 Å². The molecule has 0 fully saturated rings. The summed E-state index contributed by atoms with van der Waals surface area (Å²) < 4.78 is 1.98. The lowest BCUT2D eigenvalue weighted by molar-refractivity contribution is -0.130. The van der Waals surface area contributed by atoms with E-state index in [2.05, 4.69) is 31.1 Å². The number of hydrogen-bond donors (Lipinski definition) is 1. The summed E-state index contributed by atoms with van der Waals surface area (Å²) in [4.78, 5) is 16.3. The van der Waals surface area contributed by atoms with Crippen LogP contribution in [0.4, 0.5) is 0 Å². The van der Waals surface area contributed by atoms with E-state index in [1.165, 1.54) is 0 Å². The third-order valence-electron chi connectivity index (χ3n) is 3.25. The van der Waals surface area contributed by atoms with E-state index in [9.17, 15) is 4.79 Å². The van der Waals surface area contributed by atoms with Crippen molar-refractivity contribution in [3.8, 4) is 0 Å². The molecule has 1 N–H and O–H groups in total. The second kappa shape index (κ2) is 5.95. The van der Waals surface area contributed by atoms with E-state index in [1.54, 1.807) is 12.5 Å². The molecule has 1 atom stereocenters. The van der Waals surface area contributed by atoms with Gasteiger partial charge in [0.1, 0.15) is 0 Å². The average Bonchev–Trinajstić information content (AvgIpc) is 2.79. The van der Waals surface area contributed by atoms with Crippen molar-refractivity contribution in [2.24, 2.45) is 10.8 Å². The molecular formula is C14H24ClN3O. The maximum atomic E-state index is 12.3. The van der Waals surface area contributed by atoms with Gasteiger partial charge < -0.3 is 9.88 Å². The van der Waals surface area contributed by atoms with E-state index in [1.807, 2.05) is 24.6 Å². The molecule has 0 saturated heterocycles. The minimum atomic E-state index is -0.556. The monoisotopic (exact) mass is 285 g/mol. The summed E-state index contributed by atoms with van der Waals surface area (Å²) in [7, 11) is 0. The number of alkyl halides is 1. The second-order valence-electron chi connectivity index (χ2n) is 6.67. The maximum absolute atomic E-state index is 12.3. The summed E-state index contributed by atoms with van der Waals surface area (Å²) in [6, 6.07) is 0.0247. The van der Waals surface area contributed by atoms with E-state index in [4.69, 9.17) is 11.6 Å². The van der Waals surface area contributed by atoms with Crippen molar-refractivity contribution < 1.29 is 4.79 Å². The number of halogens is 1. The number of hydrogen-bond acceptors (Lipinski definition) is 2. The van der Waals surface area contributed by atoms with Crippen LogP contribution >= 0.6 is 11.6 Å². The number of carbonyl (C=O) groups excluding carboxylic acids is 1. The number of carbonyl (C=O) groups is 1. The molecule has 0 spiro atoms. The van der Waals surface area contributed by atoms with Gasteiger partial charge in [-0.05, 0) is 19.3 Å². The minimum absolute atomic E-state index is 0.0115. The lowest BCUT2D eigenvalue weighted by Crippen LogP contribution is -2.50. The van der Waals surface area contributed by atoms with E-state index in [0.29, 0.717) is 12.4 Å². The van der Waals surface area contributed by atoms with Crippen LogP contribution in [0.15, 0.2) is 18.7 Å². The van der Waals surface area contributed by atoms with Gasteiger partial charge in [0.2, 0.25) is 5.91 Å². The Kier molecular flexibility index (Phi) is 5.02. The van der Waals surface area contributed by atoms with Gasteiger partial charge in [-0.3, -0.25) is 4.79 Å². The van der Waals surface area contributed by atoms with Crippen LogP contribution in [-0.2, 0) is 11.3 Å². The van der Waals surface area contributed by atoms with Gasteiger partial charge in [0.05, 0.1) is 17.8 Å². The molecule has 0 radical (unpaired) electrons. The summed E-state index contributed by atoms with van der Waals surface area (Å²) in [6.07, 6.45) is 5.40. The molecule has 1 heterocycles. The SMILES string of the molecule is CC(C)(CCl)C(=O)NC(Cn1ccnc1)C(C)(C)C. The molecule has 0 aliphatic carbocycles. The zero-order valence-electron chi connectivity index (χ0n) is 12.4. The molecule has 0 aromatic carbocycles. The van der Waals surface area contributed by atoms with Gasteiger partial charge in [-0.2, -0.15) is 0 Å². The predicted octanol–water partition coefficient (Wildman–Crippen LogP) is 2.68. The van der Waals surface area contributed by atoms with Crippen LogP contribution in [-0.4, -0.2) is 27.4 Å². The Hall–Kier alpha value is -1.03. The van der Waals surface area contributed by atoms with Gasteiger partial charge in [-0.1, -0.05) is 20.8 Å². The summed E-state index contributed by atoms with van der Waals surface area (Å²) in [6.45, 7) is 10.7. The number of imidazole rings is 1. The highest BCUT2D eigenvalue weighted by Crippen LogP contribution is 2.24. The van der Waals surface area contributed by atoms with Crippen molar-refractivity contribution in [2.75, 3.05) is 5.88 Å². The van der Waals surface area contributed by atoms with Crippen molar-refractivity contribution in [3.63, 3.8) is 0 Å². The van der Waals surface area contributed by atoms with Crippen LogP contribution in [0, 0.1) is 10.8 Å². The van der Waals surface area contributed by atoms with Crippen molar-refractivity contribution >= 4 is 17.5 Å². The Morgan fingerprint density at radius 1 is 1.37 bits per heavy atom. The number of amides is 1. The highest BCUT2D eigenvalue weighted by molar-refractivity contribution is 6.19. The quantitative estimate of drug-likeness (QED) is 0.846. The first-order valence-corrected chi connectivity index (χ1v) is 7.03. The van der Waals surface area contributed by atoms with Gasteiger partial charge in [0, 0.05) is 24.8 Å². The Bertz CT molecular complexity index is 407. The molecule has 1 unspecified atom stereocenters. The predicted molar refractivity (Wildman–Crippen MR) is 78.1 cm³/mol. The normalized spacial score (nSPS) is 14.2. The van der Waals surface area contributed by atoms with Gasteiger partial charge in [-0.25, -0.2) is 4.98 Å². The van der Waals surface area contributed by atoms with E-state index in [-0.39, 0.29) is 17.4 Å². The Morgan fingerprint density at radius 2 is 2.00 bits per heavy atom. The first-order valence-electron chi connectivity index (χ1n) is 6.49. The van der Waals surface area contributed by atoms with E-state index < -0.39 is 5.41 Å². The first-order chi connectivity index (χ1) is 8.66. The van der Waals surface area contributed by atoms with Crippen LogP contribution in [0.1, 0.15) is 34.6 Å². The van der Waals surface area contributed by atoms with Crippen LogP contribution in [0.5, 0.6) is 0 Å². The Labute approximate surface area is 120 Å². The third kappa shape index (κ3) is 4.53. The summed E-state index contributed by atoms with van der Waals surface area (Å²) in [5.74, 6) is 0.295. The fraction of sp³-hybridized carbons (Fsp3) is 0.714. The number of nitrogens with one attached hydrogen (secondary N) is 1. The highest BCUT2D eigenvalue weighted by atomic mass is 35.5. The van der Waals surface area contributed by atoms with Crippen molar-refractivity contribution in [2.45, 2.75) is 47.2 Å². The van der Waals surface area contributed by atoms with Crippen LogP contribution < -0.4 is 5.32 Å². The number of aromatic nitrogens is 2. The largest absolute Gasteiger partial charge is 0.351 e. The van der Waals surface area contributed by atoms with Gasteiger partial charge >= 0.3 is 0 Å². The Balaban J connectivity index is 2.79. The molecule has 1 aromatic heterocycles. The maximum Gasteiger partial charge on any atom is 0.227 e. The molecular weight excluding hydrogens is 262 g/mol. The van der Waals surface area contributed by atoms with Gasteiger partial charge in [0.15, 0.2) is 0 Å². The molecule has 5 heteroatoms. The Morgan fingerprint density at radius 3 is 2.42 bits per heavy atom. The zero-order valence-corrected chi connectivity index (χ0v) is 13.2. The van der Waals surface area contributed by atoms with Crippen LogP contribution in [0.2, 0.25) is 0 Å². The topological polar surface area (TPSA) is 46.9 Å². The van der Waals surface area contributed by atoms with Gasteiger partial charge in [0.25, 0.3) is 0 Å². The number of rotatable bonds is 5. The van der Waals surface area contributed by atoms with Crippen molar-refractivity contribution in [1.82, 2.24) is 14.9 Å². The molecule has 1 rings (SSSR count). The molecule has 1 amide bonds. The van der Waals surface area contributed by atoms with E-state index in [0.717, 1.165) is 0 Å². The zero-order chi connectivity index (χ0) is 14.7. The lowest BCUT2D eigenvalue weighted by Gasteiger charge is -2.34.